The average molecular weight is 745 g/mol. The third-order valence-corrected chi connectivity index (χ3v) is 13.0. The lowest BCUT2D eigenvalue weighted by molar-refractivity contribution is 0.714. The maximum absolute atomic E-state index is 5.19. The molecular weight excluding hydrogens is 709 g/mol. The SMILES string of the molecule is CC1(c2ccccc2)c2ccccc2-c2c(-c3ccc(-c4cc(-c5cccc(-c6cccc7c6sc6ccccc67)c5)nc(-c5ccccc5)n4)cc3)cccc21. The molecule has 2 nitrogen and oxygen atoms in total. The highest BCUT2D eigenvalue weighted by atomic mass is 32.1. The van der Waals surface area contributed by atoms with Gasteiger partial charge in [0.1, 0.15) is 0 Å². The van der Waals surface area contributed by atoms with Gasteiger partial charge in [0, 0.05) is 42.3 Å². The van der Waals surface area contributed by atoms with E-state index in [-0.39, 0.29) is 5.41 Å². The van der Waals surface area contributed by atoms with Crippen molar-refractivity contribution in [2.75, 3.05) is 0 Å². The molecule has 0 aliphatic heterocycles. The molecule has 1 aliphatic rings. The highest BCUT2D eigenvalue weighted by Gasteiger charge is 2.41. The van der Waals surface area contributed by atoms with Gasteiger partial charge in [0.2, 0.25) is 0 Å². The van der Waals surface area contributed by atoms with E-state index in [9.17, 15) is 0 Å². The zero-order valence-corrected chi connectivity index (χ0v) is 32.2. The first-order valence-corrected chi connectivity index (χ1v) is 20.3. The van der Waals surface area contributed by atoms with Crippen LogP contribution in [0.15, 0.2) is 200 Å². The summed E-state index contributed by atoms with van der Waals surface area (Å²) in [6, 6.07) is 72.1. The fraction of sp³-hybridized carbons (Fsp3) is 0.0370. The smallest absolute Gasteiger partial charge is 0.160 e. The molecule has 1 unspecified atom stereocenters. The molecule has 0 spiro atoms. The minimum Gasteiger partial charge on any atom is -0.228 e. The highest BCUT2D eigenvalue weighted by molar-refractivity contribution is 7.26. The normalized spacial score (nSPS) is 14.5. The molecule has 57 heavy (non-hydrogen) atoms. The summed E-state index contributed by atoms with van der Waals surface area (Å²) in [5.74, 6) is 0.710. The summed E-state index contributed by atoms with van der Waals surface area (Å²) in [6.07, 6.45) is 0. The van der Waals surface area contributed by atoms with Crippen LogP contribution in [0.3, 0.4) is 0 Å². The Morgan fingerprint density at radius 1 is 0.404 bits per heavy atom. The topological polar surface area (TPSA) is 25.8 Å². The van der Waals surface area contributed by atoms with E-state index in [4.69, 9.17) is 9.97 Å². The van der Waals surface area contributed by atoms with Crippen molar-refractivity contribution >= 4 is 31.5 Å². The molecule has 0 saturated carbocycles. The van der Waals surface area contributed by atoms with Crippen LogP contribution in [0.5, 0.6) is 0 Å². The van der Waals surface area contributed by atoms with Crippen molar-refractivity contribution in [3.63, 3.8) is 0 Å². The number of aromatic nitrogens is 2. The predicted octanol–water partition coefficient (Wildman–Crippen LogP) is 14.5. The van der Waals surface area contributed by atoms with Crippen molar-refractivity contribution in [2.24, 2.45) is 0 Å². The van der Waals surface area contributed by atoms with Gasteiger partial charge in [-0.05, 0) is 75.2 Å². The maximum Gasteiger partial charge on any atom is 0.160 e. The van der Waals surface area contributed by atoms with Crippen LogP contribution in [0.4, 0.5) is 0 Å². The van der Waals surface area contributed by atoms with Gasteiger partial charge in [-0.1, -0.05) is 182 Å². The minimum atomic E-state index is -0.240. The molecule has 1 aliphatic carbocycles. The summed E-state index contributed by atoms with van der Waals surface area (Å²) in [5, 5.41) is 2.61. The van der Waals surface area contributed by atoms with Crippen LogP contribution in [-0.4, -0.2) is 9.97 Å². The molecule has 8 aromatic carbocycles. The number of thiophene rings is 1. The number of benzene rings is 8. The molecular formula is C54H36N2S. The number of hydrogen-bond acceptors (Lipinski definition) is 3. The fourth-order valence-corrected chi connectivity index (χ4v) is 10.2. The first kappa shape index (κ1) is 33.4. The molecule has 3 heteroatoms. The average Bonchev–Trinajstić information content (AvgIpc) is 3.80. The first-order valence-electron chi connectivity index (χ1n) is 19.5. The largest absolute Gasteiger partial charge is 0.228 e. The second-order valence-corrected chi connectivity index (χ2v) is 16.1. The fourth-order valence-electron chi connectivity index (χ4n) is 8.96. The van der Waals surface area contributed by atoms with E-state index in [0.717, 1.165) is 28.1 Å². The van der Waals surface area contributed by atoms with Crippen molar-refractivity contribution < 1.29 is 0 Å². The maximum atomic E-state index is 5.19. The number of rotatable bonds is 6. The lowest BCUT2D eigenvalue weighted by Crippen LogP contribution is -2.22. The Hall–Kier alpha value is -6.94. The predicted molar refractivity (Wildman–Crippen MR) is 240 cm³/mol. The van der Waals surface area contributed by atoms with E-state index in [1.54, 1.807) is 0 Å². The summed E-state index contributed by atoms with van der Waals surface area (Å²) < 4.78 is 2.61. The number of nitrogens with zero attached hydrogens (tertiary/aromatic N) is 2. The van der Waals surface area contributed by atoms with Crippen LogP contribution in [0.2, 0.25) is 0 Å². The summed E-state index contributed by atoms with van der Waals surface area (Å²) in [5.41, 5.74) is 16.1. The molecule has 10 aromatic rings. The van der Waals surface area contributed by atoms with Gasteiger partial charge < -0.3 is 0 Å². The molecule has 0 amide bonds. The van der Waals surface area contributed by atoms with Crippen molar-refractivity contribution in [3.8, 4) is 67.3 Å². The second kappa shape index (κ2) is 13.4. The molecule has 2 aromatic heterocycles. The van der Waals surface area contributed by atoms with Gasteiger partial charge in [-0.25, -0.2) is 9.97 Å². The van der Waals surface area contributed by atoms with Gasteiger partial charge in [0.15, 0.2) is 5.82 Å². The Balaban J connectivity index is 1.01. The Morgan fingerprint density at radius 2 is 0.982 bits per heavy atom. The summed E-state index contributed by atoms with van der Waals surface area (Å²) in [7, 11) is 0. The number of fused-ring (bicyclic) bond motifs is 6. The first-order chi connectivity index (χ1) is 28.1. The Labute approximate surface area is 336 Å². The molecule has 11 rings (SSSR count). The standard InChI is InChI=1S/C54H36N2S/c1-54(40-19-6-3-7-20-40)46-26-10-8-22-45(46)51-41(23-14-27-47(51)54)35-29-31-36(32-30-35)48-34-49(56-53(55-48)37-15-4-2-5-16-37)39-18-12-17-38(33-39)42-24-13-25-44-43-21-9-11-28-50(43)57-52(42)44/h2-34H,1H3. The van der Waals surface area contributed by atoms with Crippen molar-refractivity contribution in [2.45, 2.75) is 12.3 Å². The minimum absolute atomic E-state index is 0.240. The van der Waals surface area contributed by atoms with Crippen molar-refractivity contribution in [3.05, 3.63) is 217 Å². The molecule has 0 bridgehead atoms. The lowest BCUT2D eigenvalue weighted by atomic mass is 9.74. The van der Waals surface area contributed by atoms with Crippen LogP contribution in [0, 0.1) is 0 Å². The van der Waals surface area contributed by atoms with E-state index in [2.05, 4.69) is 189 Å². The van der Waals surface area contributed by atoms with Gasteiger partial charge >= 0.3 is 0 Å². The van der Waals surface area contributed by atoms with Gasteiger partial charge in [0.05, 0.1) is 11.4 Å². The van der Waals surface area contributed by atoms with Crippen LogP contribution in [-0.2, 0) is 5.41 Å². The second-order valence-electron chi connectivity index (χ2n) is 15.0. The zero-order valence-electron chi connectivity index (χ0n) is 31.4. The molecule has 0 saturated heterocycles. The monoisotopic (exact) mass is 744 g/mol. The molecule has 0 fully saturated rings. The van der Waals surface area contributed by atoms with E-state index in [1.807, 2.05) is 29.5 Å². The molecule has 0 N–H and O–H groups in total. The molecule has 2 heterocycles. The van der Waals surface area contributed by atoms with Gasteiger partial charge in [0.25, 0.3) is 0 Å². The Kier molecular flexibility index (Phi) is 7.84. The molecule has 0 radical (unpaired) electrons. The van der Waals surface area contributed by atoms with Crippen molar-refractivity contribution in [1.82, 2.24) is 9.97 Å². The van der Waals surface area contributed by atoms with Gasteiger partial charge in [-0.2, -0.15) is 0 Å². The van der Waals surface area contributed by atoms with Crippen LogP contribution in [0.1, 0.15) is 23.6 Å². The lowest BCUT2D eigenvalue weighted by Gasteiger charge is -2.28. The molecule has 268 valence electrons. The highest BCUT2D eigenvalue weighted by Crippen LogP contribution is 2.55. The van der Waals surface area contributed by atoms with Crippen LogP contribution >= 0.6 is 11.3 Å². The zero-order chi connectivity index (χ0) is 37.9. The summed E-state index contributed by atoms with van der Waals surface area (Å²) in [4.78, 5) is 10.4. The number of hydrogen-bond donors (Lipinski definition) is 0. The quantitative estimate of drug-likeness (QED) is 0.169. The van der Waals surface area contributed by atoms with Crippen molar-refractivity contribution in [1.29, 1.82) is 0 Å². The Morgan fingerprint density at radius 3 is 1.82 bits per heavy atom. The van der Waals surface area contributed by atoms with E-state index >= 15 is 0 Å². The molecule has 1 atom stereocenters. The summed E-state index contributed by atoms with van der Waals surface area (Å²) >= 11 is 1.86. The van der Waals surface area contributed by atoms with Gasteiger partial charge in [-0.3, -0.25) is 0 Å². The Bertz CT molecular complexity index is 3130. The van der Waals surface area contributed by atoms with Gasteiger partial charge in [-0.15, -0.1) is 11.3 Å². The van der Waals surface area contributed by atoms with Crippen LogP contribution in [0.25, 0.3) is 87.5 Å². The summed E-state index contributed by atoms with van der Waals surface area (Å²) in [6.45, 7) is 2.37. The van der Waals surface area contributed by atoms with E-state index < -0.39 is 0 Å². The van der Waals surface area contributed by atoms with E-state index in [1.165, 1.54) is 70.2 Å². The third-order valence-electron chi connectivity index (χ3n) is 11.8. The van der Waals surface area contributed by atoms with Crippen LogP contribution < -0.4 is 0 Å². The third kappa shape index (κ3) is 5.46. The van der Waals surface area contributed by atoms with E-state index in [0.29, 0.717) is 5.82 Å².